The van der Waals surface area contributed by atoms with Crippen LogP contribution >= 0.6 is 0 Å². The highest BCUT2D eigenvalue weighted by Gasteiger charge is 2.14. The van der Waals surface area contributed by atoms with E-state index in [0.29, 0.717) is 0 Å². The first-order valence-electron chi connectivity index (χ1n) is 6.18. The minimum absolute atomic E-state index is 0.0636. The number of anilines is 1. The molecule has 0 aromatic heterocycles. The summed E-state index contributed by atoms with van der Waals surface area (Å²) in [5, 5.41) is 0. The summed E-state index contributed by atoms with van der Waals surface area (Å²) in [6.45, 7) is 3.89. The maximum atomic E-state index is 11.7. The molecule has 0 spiro atoms. The highest BCUT2D eigenvalue weighted by Crippen LogP contribution is 2.15. The van der Waals surface area contributed by atoms with Crippen LogP contribution < -0.4 is 10.6 Å². The molecule has 0 fully saturated rings. The van der Waals surface area contributed by atoms with Crippen LogP contribution in [0.25, 0.3) is 0 Å². The molecule has 0 saturated heterocycles. The number of amides is 1. The van der Waals surface area contributed by atoms with Gasteiger partial charge in [-0.25, -0.2) is 0 Å². The van der Waals surface area contributed by atoms with Gasteiger partial charge in [-0.2, -0.15) is 0 Å². The van der Waals surface area contributed by atoms with E-state index in [4.69, 9.17) is 5.73 Å². The summed E-state index contributed by atoms with van der Waals surface area (Å²) in [6, 6.07) is 7.66. The number of carbonyl (C=O) groups excluding carboxylic acids is 1. The molecule has 3 nitrogen and oxygen atoms in total. The zero-order valence-corrected chi connectivity index (χ0v) is 10.9. The van der Waals surface area contributed by atoms with Crippen molar-refractivity contribution in [2.24, 2.45) is 5.73 Å². The molecule has 94 valence electrons. The van der Waals surface area contributed by atoms with Crippen molar-refractivity contribution in [3.63, 3.8) is 0 Å². The van der Waals surface area contributed by atoms with Crippen molar-refractivity contribution in [2.75, 3.05) is 11.9 Å². The molecular formula is C14H22N2O. The predicted molar refractivity (Wildman–Crippen MR) is 72.1 cm³/mol. The third-order valence-corrected chi connectivity index (χ3v) is 2.86. The molecule has 17 heavy (non-hydrogen) atoms. The van der Waals surface area contributed by atoms with E-state index in [2.05, 4.69) is 19.1 Å². The molecule has 1 aromatic carbocycles. The fourth-order valence-electron chi connectivity index (χ4n) is 1.70. The molecule has 0 unspecified atom stereocenters. The Morgan fingerprint density at radius 2 is 1.94 bits per heavy atom. The van der Waals surface area contributed by atoms with Crippen molar-refractivity contribution in [1.82, 2.24) is 0 Å². The summed E-state index contributed by atoms with van der Waals surface area (Å²) < 4.78 is 0. The van der Waals surface area contributed by atoms with Gasteiger partial charge >= 0.3 is 0 Å². The van der Waals surface area contributed by atoms with Gasteiger partial charge in [-0.1, -0.05) is 25.5 Å². The SMILES string of the molecule is CCCCc1ccc(N(C)C(=O)[C@H](C)N)cc1. The van der Waals surface area contributed by atoms with Crippen LogP contribution in [0.4, 0.5) is 5.69 Å². The molecule has 1 atom stereocenters. The number of hydrogen-bond acceptors (Lipinski definition) is 2. The molecule has 0 aliphatic carbocycles. The van der Waals surface area contributed by atoms with Crippen LogP contribution in [0.5, 0.6) is 0 Å². The predicted octanol–water partition coefficient (Wildman–Crippen LogP) is 2.34. The van der Waals surface area contributed by atoms with E-state index in [0.717, 1.165) is 12.1 Å². The number of unbranched alkanes of at least 4 members (excludes halogenated alkanes) is 1. The van der Waals surface area contributed by atoms with Crippen molar-refractivity contribution < 1.29 is 4.79 Å². The van der Waals surface area contributed by atoms with E-state index >= 15 is 0 Å². The van der Waals surface area contributed by atoms with Crippen molar-refractivity contribution in [1.29, 1.82) is 0 Å². The Morgan fingerprint density at radius 3 is 2.41 bits per heavy atom. The number of nitrogens with zero attached hydrogens (tertiary/aromatic N) is 1. The molecule has 3 heteroatoms. The van der Waals surface area contributed by atoms with Crippen molar-refractivity contribution in [3.05, 3.63) is 29.8 Å². The monoisotopic (exact) mass is 234 g/mol. The first-order chi connectivity index (χ1) is 8.06. The molecule has 0 aliphatic heterocycles. The molecule has 1 aromatic rings. The minimum Gasteiger partial charge on any atom is -0.320 e. The van der Waals surface area contributed by atoms with Gasteiger partial charge in [0.05, 0.1) is 6.04 Å². The summed E-state index contributed by atoms with van der Waals surface area (Å²) in [6.07, 6.45) is 3.50. The number of likely N-dealkylation sites (N-methyl/N-ethyl adjacent to an activating group) is 1. The summed E-state index contributed by atoms with van der Waals surface area (Å²) in [4.78, 5) is 13.3. The number of benzene rings is 1. The van der Waals surface area contributed by atoms with Crippen LogP contribution in [0.15, 0.2) is 24.3 Å². The minimum atomic E-state index is -0.459. The van der Waals surface area contributed by atoms with Crippen LogP contribution in [0.3, 0.4) is 0 Å². The van der Waals surface area contributed by atoms with Crippen LogP contribution in [-0.4, -0.2) is 19.0 Å². The lowest BCUT2D eigenvalue weighted by atomic mass is 10.1. The fraction of sp³-hybridized carbons (Fsp3) is 0.500. The van der Waals surface area contributed by atoms with Crippen LogP contribution in [-0.2, 0) is 11.2 Å². The van der Waals surface area contributed by atoms with E-state index in [-0.39, 0.29) is 5.91 Å². The van der Waals surface area contributed by atoms with Gasteiger partial charge in [0.15, 0.2) is 0 Å². The van der Waals surface area contributed by atoms with Gasteiger partial charge in [0.1, 0.15) is 0 Å². The van der Waals surface area contributed by atoms with Crippen molar-refractivity contribution in [2.45, 2.75) is 39.2 Å². The van der Waals surface area contributed by atoms with Crippen LogP contribution in [0.2, 0.25) is 0 Å². The largest absolute Gasteiger partial charge is 0.320 e. The van der Waals surface area contributed by atoms with Crippen LogP contribution in [0, 0.1) is 0 Å². The topological polar surface area (TPSA) is 46.3 Å². The summed E-state index contributed by atoms with van der Waals surface area (Å²) in [5.74, 6) is -0.0636. The average Bonchev–Trinajstić information content (AvgIpc) is 2.35. The number of carbonyl (C=O) groups is 1. The second-order valence-corrected chi connectivity index (χ2v) is 4.46. The molecule has 1 rings (SSSR count). The highest BCUT2D eigenvalue weighted by molar-refractivity contribution is 5.96. The lowest BCUT2D eigenvalue weighted by Crippen LogP contribution is -2.39. The molecule has 0 saturated carbocycles. The van der Waals surface area contributed by atoms with E-state index in [1.807, 2.05) is 12.1 Å². The Hall–Kier alpha value is -1.35. The maximum Gasteiger partial charge on any atom is 0.243 e. The van der Waals surface area contributed by atoms with Gasteiger partial charge in [0.25, 0.3) is 0 Å². The third kappa shape index (κ3) is 3.86. The fourth-order valence-corrected chi connectivity index (χ4v) is 1.70. The average molecular weight is 234 g/mol. The molecule has 0 aliphatic rings. The molecular weight excluding hydrogens is 212 g/mol. The zero-order chi connectivity index (χ0) is 12.8. The number of nitrogens with two attached hydrogens (primary N) is 1. The normalized spacial score (nSPS) is 12.2. The zero-order valence-electron chi connectivity index (χ0n) is 10.9. The summed E-state index contributed by atoms with van der Waals surface area (Å²) in [5.41, 5.74) is 7.79. The van der Waals surface area contributed by atoms with Crippen molar-refractivity contribution >= 4 is 11.6 Å². The van der Waals surface area contributed by atoms with E-state index in [9.17, 15) is 4.79 Å². The maximum absolute atomic E-state index is 11.7. The standard InChI is InChI=1S/C14H22N2O/c1-4-5-6-12-7-9-13(10-8-12)16(3)14(17)11(2)15/h7-11H,4-6,15H2,1-3H3/t11-/m0/s1. The van der Waals surface area contributed by atoms with E-state index in [1.165, 1.54) is 18.4 Å². The van der Waals surface area contributed by atoms with Gasteiger partial charge < -0.3 is 10.6 Å². The first-order valence-corrected chi connectivity index (χ1v) is 6.18. The van der Waals surface area contributed by atoms with E-state index < -0.39 is 6.04 Å². The van der Waals surface area contributed by atoms with E-state index in [1.54, 1.807) is 18.9 Å². The Bertz CT molecular complexity index is 357. The molecule has 0 bridgehead atoms. The highest BCUT2D eigenvalue weighted by atomic mass is 16.2. The van der Waals surface area contributed by atoms with Crippen molar-refractivity contribution in [3.8, 4) is 0 Å². The number of hydrogen-bond donors (Lipinski definition) is 1. The second-order valence-electron chi connectivity index (χ2n) is 4.46. The Kier molecular flexibility index (Phi) is 5.16. The number of rotatable bonds is 5. The quantitative estimate of drug-likeness (QED) is 0.850. The molecule has 0 radical (unpaired) electrons. The lowest BCUT2D eigenvalue weighted by molar-refractivity contribution is -0.119. The van der Waals surface area contributed by atoms with Gasteiger partial charge in [0, 0.05) is 12.7 Å². The first kappa shape index (κ1) is 13.7. The Balaban J connectivity index is 2.70. The molecule has 0 heterocycles. The lowest BCUT2D eigenvalue weighted by Gasteiger charge is -2.19. The third-order valence-electron chi connectivity index (χ3n) is 2.86. The smallest absolute Gasteiger partial charge is 0.243 e. The Morgan fingerprint density at radius 1 is 1.35 bits per heavy atom. The summed E-state index contributed by atoms with van der Waals surface area (Å²) >= 11 is 0. The van der Waals surface area contributed by atoms with Gasteiger partial charge in [0.2, 0.25) is 5.91 Å². The Labute approximate surface area is 104 Å². The van der Waals surface area contributed by atoms with Gasteiger partial charge in [-0.3, -0.25) is 4.79 Å². The van der Waals surface area contributed by atoms with Crippen LogP contribution in [0.1, 0.15) is 32.3 Å². The van der Waals surface area contributed by atoms with Gasteiger partial charge in [-0.15, -0.1) is 0 Å². The van der Waals surface area contributed by atoms with Gasteiger partial charge in [-0.05, 0) is 37.5 Å². The molecule has 1 amide bonds. The molecule has 2 N–H and O–H groups in total. The summed E-state index contributed by atoms with van der Waals surface area (Å²) in [7, 11) is 1.76. The second kappa shape index (κ2) is 6.40. The number of aryl methyl sites for hydroxylation is 1.